The number of methoxy groups -OCH3 is 2. The Labute approximate surface area is 576 Å². The number of carbonyl (C=O) groups is 10. The van der Waals surface area contributed by atoms with Crippen LogP contribution in [0.1, 0.15) is 163 Å². The number of amides is 11. The van der Waals surface area contributed by atoms with Crippen LogP contribution in [0.4, 0.5) is 20.1 Å². The molecule has 1 fully saturated rings. The molecule has 1 aromatic heterocycles. The molecule has 1 unspecified atom stereocenters. The summed E-state index contributed by atoms with van der Waals surface area (Å²) in [6.45, 7) is 21.6. The van der Waals surface area contributed by atoms with Crippen molar-refractivity contribution >= 4 is 76.6 Å². The minimum atomic E-state index is -1.59. The Balaban J connectivity index is 1.35. The van der Waals surface area contributed by atoms with Gasteiger partial charge in [0.1, 0.15) is 40.9 Å². The Bertz CT molecular complexity index is 3020. The molecule has 2 aromatic carbocycles. The molecule has 1 aliphatic heterocycles. The van der Waals surface area contributed by atoms with E-state index in [0.29, 0.717) is 62.9 Å². The van der Waals surface area contributed by atoms with E-state index in [1.54, 1.807) is 103 Å². The smallest absolute Gasteiger partial charge is 0.408 e. The summed E-state index contributed by atoms with van der Waals surface area (Å²) < 4.78 is 22.9. The average molecular weight is 1380 g/mol. The fourth-order valence-corrected chi connectivity index (χ4v) is 12.2. The number of ether oxygens (including phenoxy) is 4. The summed E-state index contributed by atoms with van der Waals surface area (Å²) in [5.41, 5.74) is 11.1. The average Bonchev–Trinajstić information content (AvgIpc) is 1.80. The molecule has 1 saturated heterocycles. The second-order valence-electron chi connectivity index (χ2n) is 27.2. The number of nitrogens with two attached hydrogens (primary N) is 2. The van der Waals surface area contributed by atoms with Crippen molar-refractivity contribution in [2.75, 3.05) is 46.2 Å². The first-order valence-corrected chi connectivity index (χ1v) is 34.5. The van der Waals surface area contributed by atoms with Gasteiger partial charge in [-0.2, -0.15) is 0 Å². The van der Waals surface area contributed by atoms with E-state index >= 15 is 0 Å². The SMILES string of the molecule is CC[C@H](C)[C@@H](C(CC(=O)N1CCC[C@H]1[C@H](OC)[C@@H](C)C(=O)N[C@@H](Cc1ccccc1)c1nccs1)OC)N(C)C(=O)[C@@H](NC(=O)C(C)(C)NC(=O)OCc1ccc(NC(=O)[C@H](CCCNC(N)=O)NC(=O)[C@@H](NC(=O)[C@@H](N)CCCCNC(=O)OC(C)(C)C)C(C)C)cc1)C(C)C. The highest BCUT2D eigenvalue weighted by Gasteiger charge is 2.44. The number of unbranched alkanes of at least 4 members (excludes halogenated alkanes) is 1. The van der Waals surface area contributed by atoms with Gasteiger partial charge >= 0.3 is 18.2 Å². The lowest BCUT2D eigenvalue weighted by molar-refractivity contribution is -0.148. The molecule has 1 aliphatic rings. The van der Waals surface area contributed by atoms with E-state index in [2.05, 4.69) is 47.5 Å². The highest BCUT2D eigenvalue weighted by atomic mass is 32.1. The predicted molar refractivity (Wildman–Crippen MR) is 370 cm³/mol. The zero-order valence-corrected chi connectivity index (χ0v) is 60.2. The van der Waals surface area contributed by atoms with Crippen molar-refractivity contribution in [1.82, 2.24) is 52.0 Å². The minimum Gasteiger partial charge on any atom is -0.445 e. The fourth-order valence-electron chi connectivity index (χ4n) is 11.5. The van der Waals surface area contributed by atoms with Crippen molar-refractivity contribution in [2.45, 2.75) is 220 Å². The Morgan fingerprint density at radius 1 is 0.742 bits per heavy atom. The van der Waals surface area contributed by atoms with E-state index in [0.717, 1.165) is 10.6 Å². The summed E-state index contributed by atoms with van der Waals surface area (Å²) in [5.74, 6) is -5.01. The number of hydrogen-bond acceptors (Lipinski definition) is 17. The van der Waals surface area contributed by atoms with E-state index in [1.807, 2.05) is 56.5 Å². The van der Waals surface area contributed by atoms with Crippen molar-refractivity contribution in [3.8, 4) is 0 Å². The van der Waals surface area contributed by atoms with Gasteiger partial charge in [0.15, 0.2) is 0 Å². The first kappa shape index (κ1) is 81.5. The Morgan fingerprint density at radius 2 is 1.40 bits per heavy atom. The largest absolute Gasteiger partial charge is 0.445 e. The summed E-state index contributed by atoms with van der Waals surface area (Å²) in [4.78, 5) is 143. The van der Waals surface area contributed by atoms with Crippen LogP contribution in [0.3, 0.4) is 0 Å². The molecule has 2 heterocycles. The van der Waals surface area contributed by atoms with Gasteiger partial charge in [-0.3, -0.25) is 33.6 Å². The van der Waals surface area contributed by atoms with E-state index < -0.39 is 125 Å². The van der Waals surface area contributed by atoms with Crippen molar-refractivity contribution in [3.05, 3.63) is 82.3 Å². The lowest BCUT2D eigenvalue weighted by Crippen LogP contribution is -2.62. The summed E-state index contributed by atoms with van der Waals surface area (Å²) in [6.07, 6.45) is 2.84. The number of aromatic nitrogens is 1. The van der Waals surface area contributed by atoms with Crippen LogP contribution in [0.15, 0.2) is 66.2 Å². The number of urea groups is 1. The molecule has 97 heavy (non-hydrogen) atoms. The molecule has 11 atom stereocenters. The van der Waals surface area contributed by atoms with Gasteiger partial charge in [-0.05, 0) is 127 Å². The molecule has 27 nitrogen and oxygen atoms in total. The number of alkyl carbamates (subject to hydrolysis) is 2. The van der Waals surface area contributed by atoms with Gasteiger partial charge in [0, 0.05) is 58.2 Å². The van der Waals surface area contributed by atoms with Gasteiger partial charge < -0.3 is 82.7 Å². The van der Waals surface area contributed by atoms with E-state index in [-0.39, 0.29) is 62.6 Å². The number of nitrogens with zero attached hydrogens (tertiary/aromatic N) is 3. The highest BCUT2D eigenvalue weighted by molar-refractivity contribution is 7.09. The molecule has 0 aliphatic carbocycles. The van der Waals surface area contributed by atoms with Crippen LogP contribution >= 0.6 is 11.3 Å². The number of anilines is 1. The number of likely N-dealkylation sites (N-methyl/N-ethyl adjacent to an activating group) is 1. The summed E-state index contributed by atoms with van der Waals surface area (Å²) in [6, 6.07) is 9.78. The van der Waals surface area contributed by atoms with Crippen LogP contribution in [-0.4, -0.2) is 175 Å². The molecule has 0 radical (unpaired) electrons. The maximum atomic E-state index is 14.7. The van der Waals surface area contributed by atoms with Gasteiger partial charge in [0.2, 0.25) is 41.4 Å². The second kappa shape index (κ2) is 39.4. The lowest BCUT2D eigenvalue weighted by Gasteiger charge is -2.41. The third kappa shape index (κ3) is 26.4. The van der Waals surface area contributed by atoms with Gasteiger partial charge in [0.25, 0.3) is 0 Å². The summed E-state index contributed by atoms with van der Waals surface area (Å²) >= 11 is 1.47. The van der Waals surface area contributed by atoms with Crippen LogP contribution in [0.2, 0.25) is 0 Å². The molecule has 12 N–H and O–H groups in total. The number of nitrogens with one attached hydrogen (secondary N) is 8. The third-order valence-electron chi connectivity index (χ3n) is 17.2. The summed E-state index contributed by atoms with van der Waals surface area (Å²) in [7, 11) is 4.69. The number of rotatable bonds is 38. The van der Waals surface area contributed by atoms with Gasteiger partial charge in [-0.15, -0.1) is 11.3 Å². The number of benzene rings is 2. The molecular weight excluding hydrogens is 1270 g/mol. The molecule has 540 valence electrons. The van der Waals surface area contributed by atoms with E-state index in [4.69, 9.17) is 30.4 Å². The molecule has 11 amide bonds. The Hall–Kier alpha value is -7.95. The lowest BCUT2D eigenvalue weighted by atomic mass is 9.89. The van der Waals surface area contributed by atoms with E-state index in [9.17, 15) is 47.9 Å². The maximum absolute atomic E-state index is 14.7. The predicted octanol–water partition coefficient (Wildman–Crippen LogP) is 6.34. The number of hydrogen-bond donors (Lipinski definition) is 10. The Morgan fingerprint density at radius 3 is 1.99 bits per heavy atom. The molecule has 3 aromatic rings. The minimum absolute atomic E-state index is 0.0700. The van der Waals surface area contributed by atoms with Crippen LogP contribution in [0.25, 0.3) is 0 Å². The van der Waals surface area contributed by atoms with Crippen LogP contribution in [0.5, 0.6) is 0 Å². The van der Waals surface area contributed by atoms with E-state index in [1.165, 1.54) is 32.3 Å². The zero-order chi connectivity index (χ0) is 72.3. The number of primary amides is 1. The van der Waals surface area contributed by atoms with Crippen LogP contribution in [0, 0.1) is 23.7 Å². The van der Waals surface area contributed by atoms with Crippen LogP contribution < -0.4 is 54.0 Å². The fraction of sp³-hybridized carbons (Fsp3) is 0.638. The van der Waals surface area contributed by atoms with Crippen LogP contribution in [-0.2, 0) is 65.5 Å². The quantitative estimate of drug-likeness (QED) is 0.0280. The summed E-state index contributed by atoms with van der Waals surface area (Å²) in [5, 5.41) is 24.7. The standard InChI is InChI=1S/C69H109N13O14S/c1-16-43(6)56(52(93-14)39-53(83)82-36-23-28-51(82)57(94-15)44(7)58(84)77-50(62-72-35-37-97-62)38-45-24-18-17-19-25-45)81(13)63(88)55(42(4)5)79-64(89)69(11,12)80-67(92)95-40-46-29-31-47(32-30-46)75-60(86)49(27-22-34-73-65(71)90)76-61(87)54(41(2)3)78-59(85)48(70)26-20-21-33-74-66(91)96-68(8,9)10/h17-19,24-25,29-32,35,37,41-44,48-52,54-57H,16,20-23,26-28,33-34,36,38-40,70H2,1-15H3,(H,74,91)(H,75,86)(H,76,87)(H,77,84)(H,78,85)(H,79,89)(H,80,92)(H3,71,73,90)/t43-,44+,48-,49-,50-,51-,52?,54-,55-,56-,57+/m0/s1. The zero-order valence-electron chi connectivity index (χ0n) is 59.4. The van der Waals surface area contributed by atoms with Gasteiger partial charge in [-0.1, -0.05) is 97.4 Å². The second-order valence-corrected chi connectivity index (χ2v) is 28.1. The molecule has 4 rings (SSSR count). The topological polar surface area (TPSA) is 375 Å². The molecule has 0 bridgehead atoms. The monoisotopic (exact) mass is 1380 g/mol. The molecular formula is C69H109N13O14S. The first-order valence-electron chi connectivity index (χ1n) is 33.6. The molecule has 28 heteroatoms. The number of thiazole rings is 1. The molecule has 0 saturated carbocycles. The van der Waals surface area contributed by atoms with Gasteiger partial charge in [-0.25, -0.2) is 19.4 Å². The number of carbonyl (C=O) groups excluding carboxylic acids is 10. The third-order valence-corrected chi connectivity index (χ3v) is 18.1. The Kier molecular flexibility index (Phi) is 33.1. The van der Waals surface area contributed by atoms with Crippen molar-refractivity contribution in [1.29, 1.82) is 0 Å². The normalized spacial score (nSPS) is 16.4. The van der Waals surface area contributed by atoms with Gasteiger partial charge in [0.05, 0.1) is 48.7 Å². The molecule has 0 spiro atoms. The van der Waals surface area contributed by atoms with Crippen molar-refractivity contribution in [2.24, 2.45) is 35.1 Å². The van der Waals surface area contributed by atoms with Crippen molar-refractivity contribution in [3.63, 3.8) is 0 Å². The first-order chi connectivity index (χ1) is 45.7. The number of likely N-dealkylation sites (tertiary alicyclic amines) is 1. The van der Waals surface area contributed by atoms with Crippen molar-refractivity contribution < 1.29 is 66.9 Å². The highest BCUT2D eigenvalue weighted by Crippen LogP contribution is 2.31. The maximum Gasteiger partial charge on any atom is 0.408 e.